The van der Waals surface area contributed by atoms with Crippen molar-refractivity contribution in [2.24, 2.45) is 0 Å². The van der Waals surface area contributed by atoms with E-state index >= 15 is 0 Å². The lowest BCUT2D eigenvalue weighted by atomic mass is 10.1. The molecule has 0 aromatic heterocycles. The Bertz CT molecular complexity index is 357. The van der Waals surface area contributed by atoms with E-state index in [2.05, 4.69) is 20.7 Å². The topological polar surface area (TPSA) is 26.3 Å². The molecule has 0 unspecified atom stereocenters. The van der Waals surface area contributed by atoms with Crippen LogP contribution in [0.15, 0.2) is 18.2 Å². The maximum atomic E-state index is 11.9. The summed E-state index contributed by atoms with van der Waals surface area (Å²) in [6, 6.07) is 4.77. The number of ether oxygens (including phenoxy) is 1. The highest BCUT2D eigenvalue weighted by atomic mass is 79.9. The molecule has 0 N–H and O–H groups in total. The van der Waals surface area contributed by atoms with Crippen LogP contribution in [0.25, 0.3) is 0 Å². The molecule has 0 amide bonds. The Kier molecular flexibility index (Phi) is 5.05. The fourth-order valence-corrected chi connectivity index (χ4v) is 1.59. The van der Waals surface area contributed by atoms with Crippen LogP contribution >= 0.6 is 27.5 Å². The smallest absolute Gasteiger partial charge is 0.228 e. The van der Waals surface area contributed by atoms with Crippen LogP contribution in [0.5, 0.6) is 5.75 Å². The van der Waals surface area contributed by atoms with Crippen molar-refractivity contribution in [1.82, 2.24) is 0 Å². The number of benzene rings is 1. The van der Waals surface area contributed by atoms with E-state index in [1.807, 2.05) is 0 Å². The number of halogens is 3. The first-order valence-electron chi connectivity index (χ1n) is 4.21. The van der Waals surface area contributed by atoms with E-state index < -0.39 is 6.86 Å². The number of rotatable bonds is 5. The summed E-state index contributed by atoms with van der Waals surface area (Å²) < 4.78 is 16.6. The average molecular weight is 296 g/mol. The standard InChI is InChI=1S/C10H9BrClFO2/c11-5-9(14)2-7-1-8(12)4-10(3-7)15-6-13/h1,3-4H,2,5-6H2. The first-order valence-corrected chi connectivity index (χ1v) is 5.71. The number of ketones is 1. The molecule has 15 heavy (non-hydrogen) atoms. The van der Waals surface area contributed by atoms with Crippen molar-refractivity contribution >= 4 is 33.3 Å². The minimum atomic E-state index is -0.911. The highest BCUT2D eigenvalue weighted by Crippen LogP contribution is 2.21. The molecule has 0 fully saturated rings. The molecule has 5 heteroatoms. The van der Waals surface area contributed by atoms with Gasteiger partial charge in [0.05, 0.1) is 5.33 Å². The fourth-order valence-electron chi connectivity index (χ4n) is 1.14. The third kappa shape index (κ3) is 4.18. The molecule has 0 saturated carbocycles. The summed E-state index contributed by atoms with van der Waals surface area (Å²) in [5.41, 5.74) is 0.718. The van der Waals surface area contributed by atoms with Gasteiger partial charge < -0.3 is 4.74 Å². The summed E-state index contributed by atoms with van der Waals surface area (Å²) in [4.78, 5) is 11.2. The largest absolute Gasteiger partial charge is 0.463 e. The molecule has 0 radical (unpaired) electrons. The zero-order chi connectivity index (χ0) is 11.3. The van der Waals surface area contributed by atoms with Gasteiger partial charge in [-0.25, -0.2) is 4.39 Å². The number of carbonyl (C=O) groups is 1. The minimum Gasteiger partial charge on any atom is -0.463 e. The van der Waals surface area contributed by atoms with Gasteiger partial charge in [-0.05, 0) is 23.8 Å². The first kappa shape index (κ1) is 12.5. The molecule has 1 aromatic carbocycles. The molecule has 0 aliphatic carbocycles. The Balaban J connectivity index is 2.83. The number of hydrogen-bond acceptors (Lipinski definition) is 2. The normalized spacial score (nSPS) is 10.1. The molecule has 1 rings (SSSR count). The van der Waals surface area contributed by atoms with Crippen molar-refractivity contribution in [2.45, 2.75) is 6.42 Å². The summed E-state index contributed by atoms with van der Waals surface area (Å²) in [6.07, 6.45) is 0.258. The highest BCUT2D eigenvalue weighted by molar-refractivity contribution is 9.09. The van der Waals surface area contributed by atoms with Gasteiger partial charge in [-0.15, -0.1) is 0 Å². The van der Waals surface area contributed by atoms with Crippen molar-refractivity contribution in [1.29, 1.82) is 0 Å². The zero-order valence-corrected chi connectivity index (χ0v) is 10.1. The molecule has 0 aliphatic heterocycles. The van der Waals surface area contributed by atoms with Crippen LogP contribution in [0, 0.1) is 0 Å². The molecule has 0 spiro atoms. The van der Waals surface area contributed by atoms with E-state index in [0.717, 1.165) is 5.56 Å². The lowest BCUT2D eigenvalue weighted by Gasteiger charge is -2.05. The second-order valence-electron chi connectivity index (χ2n) is 2.90. The highest BCUT2D eigenvalue weighted by Gasteiger charge is 2.05. The number of carbonyl (C=O) groups excluding carboxylic acids is 1. The van der Waals surface area contributed by atoms with Crippen LogP contribution in [0.1, 0.15) is 5.56 Å². The average Bonchev–Trinajstić information content (AvgIpc) is 2.17. The van der Waals surface area contributed by atoms with Gasteiger partial charge in [-0.1, -0.05) is 27.5 Å². The van der Waals surface area contributed by atoms with Crippen LogP contribution in [-0.2, 0) is 11.2 Å². The van der Waals surface area contributed by atoms with Crippen molar-refractivity contribution < 1.29 is 13.9 Å². The predicted molar refractivity (Wildman–Crippen MR) is 60.6 cm³/mol. The van der Waals surface area contributed by atoms with Crippen LogP contribution in [-0.4, -0.2) is 18.0 Å². The summed E-state index contributed by atoms with van der Waals surface area (Å²) in [7, 11) is 0. The Hall–Kier alpha value is -0.610. The van der Waals surface area contributed by atoms with Crippen LogP contribution < -0.4 is 4.74 Å². The van der Waals surface area contributed by atoms with Gasteiger partial charge in [0.15, 0.2) is 0 Å². The fraction of sp³-hybridized carbons (Fsp3) is 0.300. The van der Waals surface area contributed by atoms with Gasteiger partial charge in [0.1, 0.15) is 11.5 Å². The predicted octanol–water partition coefficient (Wildman–Crippen LogP) is 3.15. The molecule has 0 saturated heterocycles. The second-order valence-corrected chi connectivity index (χ2v) is 3.89. The molecule has 0 bridgehead atoms. The number of Topliss-reactive ketones (excluding diaryl/α,β-unsaturated/α-hetero) is 1. The third-order valence-corrected chi connectivity index (χ3v) is 2.55. The van der Waals surface area contributed by atoms with Gasteiger partial charge in [-0.2, -0.15) is 0 Å². The Morgan fingerprint density at radius 3 is 2.80 bits per heavy atom. The lowest BCUT2D eigenvalue weighted by molar-refractivity contribution is -0.115. The Morgan fingerprint density at radius 1 is 1.47 bits per heavy atom. The summed E-state index contributed by atoms with van der Waals surface area (Å²) in [5.74, 6) is 0.367. The molecule has 2 nitrogen and oxygen atoms in total. The second kappa shape index (κ2) is 6.08. The number of hydrogen-bond donors (Lipinski definition) is 0. The van der Waals surface area contributed by atoms with E-state index in [0.29, 0.717) is 16.1 Å². The Labute approximate surface area is 101 Å². The Morgan fingerprint density at radius 2 is 2.20 bits per heavy atom. The molecular weight excluding hydrogens is 286 g/mol. The van der Waals surface area contributed by atoms with Gasteiger partial charge in [0.2, 0.25) is 6.86 Å². The van der Waals surface area contributed by atoms with Gasteiger partial charge >= 0.3 is 0 Å². The molecule has 1 aromatic rings. The van der Waals surface area contributed by atoms with Gasteiger partial charge in [-0.3, -0.25) is 4.79 Å². The maximum absolute atomic E-state index is 11.9. The van der Waals surface area contributed by atoms with E-state index in [-0.39, 0.29) is 12.2 Å². The summed E-state index contributed by atoms with van der Waals surface area (Å²) in [5, 5.41) is 0.719. The SMILES string of the molecule is O=C(CBr)Cc1cc(Cl)cc(OCF)c1. The minimum absolute atomic E-state index is 0.0310. The molecule has 82 valence electrons. The quantitative estimate of drug-likeness (QED) is 0.780. The van der Waals surface area contributed by atoms with E-state index in [1.165, 1.54) is 6.07 Å². The lowest BCUT2D eigenvalue weighted by Crippen LogP contribution is -2.03. The third-order valence-electron chi connectivity index (χ3n) is 1.70. The van der Waals surface area contributed by atoms with E-state index in [9.17, 15) is 9.18 Å². The molecule has 0 heterocycles. The maximum Gasteiger partial charge on any atom is 0.228 e. The van der Waals surface area contributed by atoms with Crippen molar-refractivity contribution in [3.63, 3.8) is 0 Å². The summed E-state index contributed by atoms with van der Waals surface area (Å²) in [6.45, 7) is -0.911. The molecule has 0 atom stereocenters. The first-order chi connectivity index (χ1) is 7.15. The van der Waals surface area contributed by atoms with Crippen LogP contribution in [0.4, 0.5) is 4.39 Å². The zero-order valence-electron chi connectivity index (χ0n) is 7.80. The number of alkyl halides is 2. The molecular formula is C10H9BrClFO2. The van der Waals surface area contributed by atoms with Crippen LogP contribution in [0.3, 0.4) is 0 Å². The monoisotopic (exact) mass is 294 g/mol. The van der Waals surface area contributed by atoms with E-state index in [1.54, 1.807) is 12.1 Å². The van der Waals surface area contributed by atoms with E-state index in [4.69, 9.17) is 11.6 Å². The van der Waals surface area contributed by atoms with Crippen molar-refractivity contribution in [3.05, 3.63) is 28.8 Å². The van der Waals surface area contributed by atoms with Gasteiger partial charge in [0, 0.05) is 11.4 Å². The van der Waals surface area contributed by atoms with Crippen molar-refractivity contribution in [3.8, 4) is 5.75 Å². The van der Waals surface area contributed by atoms with Crippen molar-refractivity contribution in [2.75, 3.05) is 12.2 Å². The van der Waals surface area contributed by atoms with Gasteiger partial charge in [0.25, 0.3) is 0 Å². The molecule has 0 aliphatic rings. The van der Waals surface area contributed by atoms with Crippen LogP contribution in [0.2, 0.25) is 5.02 Å². The summed E-state index contributed by atoms with van der Waals surface area (Å²) >= 11 is 8.85.